The smallest absolute Gasteiger partial charge is 0.306 e. The first-order valence-corrected chi connectivity index (χ1v) is 11.7. The van der Waals surface area contributed by atoms with Crippen LogP contribution in [0.15, 0.2) is 36.5 Å². The number of aromatic nitrogens is 3. The molecule has 4 aromatic rings. The average Bonchev–Trinajstić information content (AvgIpc) is 3.50. The Labute approximate surface area is 197 Å². The van der Waals surface area contributed by atoms with Crippen molar-refractivity contribution in [3.05, 3.63) is 59.2 Å². The number of hydrogen-bond acceptors (Lipinski definition) is 3. The molecule has 2 heterocycles. The summed E-state index contributed by atoms with van der Waals surface area (Å²) in [5, 5.41) is 19.0. The van der Waals surface area contributed by atoms with E-state index in [1.54, 1.807) is 20.2 Å². The summed E-state index contributed by atoms with van der Waals surface area (Å²) < 4.78 is 22.1. The summed E-state index contributed by atoms with van der Waals surface area (Å²) in [5.74, 6) is -1.20. The molecule has 1 aliphatic rings. The minimum absolute atomic E-state index is 0.109. The third-order valence-electron chi connectivity index (χ3n) is 7.30. The molecule has 7 heteroatoms. The molecule has 1 saturated carbocycles. The van der Waals surface area contributed by atoms with Crippen molar-refractivity contribution in [2.24, 2.45) is 5.92 Å². The lowest BCUT2D eigenvalue weighted by molar-refractivity contribution is -0.141. The highest BCUT2D eigenvalue weighted by atomic mass is 19.1. The van der Waals surface area contributed by atoms with Crippen LogP contribution in [-0.2, 0) is 14.9 Å². The van der Waals surface area contributed by atoms with E-state index in [4.69, 9.17) is 4.74 Å². The van der Waals surface area contributed by atoms with Gasteiger partial charge in [0, 0.05) is 34.7 Å². The number of halogens is 1. The number of aliphatic carboxylic acids is 1. The third-order valence-corrected chi connectivity index (χ3v) is 7.30. The zero-order valence-corrected chi connectivity index (χ0v) is 20.0. The summed E-state index contributed by atoms with van der Waals surface area (Å²) in [4.78, 5) is 11.8. The minimum Gasteiger partial charge on any atom is -0.481 e. The molecule has 0 saturated heterocycles. The lowest BCUT2D eigenvalue weighted by atomic mass is 9.82. The van der Waals surface area contributed by atoms with E-state index in [0.717, 1.165) is 39.6 Å². The van der Waals surface area contributed by atoms with E-state index in [2.05, 4.69) is 40.7 Å². The fourth-order valence-electron chi connectivity index (χ4n) is 5.76. The monoisotopic (exact) mass is 463 g/mol. The molecule has 2 N–H and O–H groups in total. The zero-order chi connectivity index (χ0) is 24.2. The van der Waals surface area contributed by atoms with E-state index < -0.39 is 5.97 Å². The number of nitrogens with zero attached hydrogens (tertiary/aromatic N) is 2. The van der Waals surface area contributed by atoms with Crippen molar-refractivity contribution in [2.75, 3.05) is 13.7 Å². The fourth-order valence-corrected chi connectivity index (χ4v) is 5.76. The first kappa shape index (κ1) is 22.6. The molecule has 0 aliphatic heterocycles. The van der Waals surface area contributed by atoms with Crippen LogP contribution < -0.4 is 0 Å². The van der Waals surface area contributed by atoms with Crippen molar-refractivity contribution in [2.45, 2.75) is 51.4 Å². The molecule has 2 atom stereocenters. The number of H-pyrrole nitrogens is 1. The standard InChI is InChI=1S/C27H30FN3O3/c1-15-9-19(7-8-21(15)28)31-23-11-18-13-29-30-22(18)12-20(23)24(25(31)27(2,3)14-34-4)16-5-6-17(10-16)26(32)33/h7-9,11-13,16-17H,5-6,10,14H2,1-4H3,(H,29,30)(H,32,33)/t16-,17?/m1/s1. The number of ether oxygens (including phenoxy) is 1. The molecule has 1 aliphatic carbocycles. The van der Waals surface area contributed by atoms with Gasteiger partial charge in [-0.3, -0.25) is 9.89 Å². The number of aryl methyl sites for hydroxylation is 1. The second kappa shape index (κ2) is 8.24. The summed E-state index contributed by atoms with van der Waals surface area (Å²) in [7, 11) is 1.70. The van der Waals surface area contributed by atoms with E-state index in [-0.39, 0.29) is 23.1 Å². The van der Waals surface area contributed by atoms with Crippen molar-refractivity contribution in [3.63, 3.8) is 0 Å². The Morgan fingerprint density at radius 1 is 1.29 bits per heavy atom. The SMILES string of the molecule is COCC(C)(C)c1c([C@@H]2CCC(C(=O)O)C2)c2cc3[nH]ncc3cc2n1-c1ccc(F)c(C)c1. The Bertz CT molecular complexity index is 1400. The molecule has 0 bridgehead atoms. The molecule has 6 nitrogen and oxygen atoms in total. The second-order valence-electron chi connectivity index (χ2n) is 10.2. The molecule has 0 radical (unpaired) electrons. The van der Waals surface area contributed by atoms with Crippen LogP contribution in [0.1, 0.15) is 55.8 Å². The van der Waals surface area contributed by atoms with Crippen LogP contribution in [0.2, 0.25) is 0 Å². The van der Waals surface area contributed by atoms with Crippen LogP contribution in [0.25, 0.3) is 27.5 Å². The van der Waals surface area contributed by atoms with Gasteiger partial charge in [-0.2, -0.15) is 5.10 Å². The summed E-state index contributed by atoms with van der Waals surface area (Å²) in [5.41, 5.74) is 5.28. The first-order chi connectivity index (χ1) is 16.2. The van der Waals surface area contributed by atoms with Gasteiger partial charge < -0.3 is 14.4 Å². The van der Waals surface area contributed by atoms with Crippen LogP contribution in [0.5, 0.6) is 0 Å². The molecular weight excluding hydrogens is 433 g/mol. The molecule has 1 fully saturated rings. The molecule has 34 heavy (non-hydrogen) atoms. The Hall–Kier alpha value is -3.19. The summed E-state index contributed by atoms with van der Waals surface area (Å²) >= 11 is 0. The Balaban J connectivity index is 1.88. The number of hydrogen-bond donors (Lipinski definition) is 2. The molecular formula is C27H30FN3O3. The largest absolute Gasteiger partial charge is 0.481 e. The van der Waals surface area contributed by atoms with E-state index >= 15 is 0 Å². The van der Waals surface area contributed by atoms with Crippen molar-refractivity contribution in [1.29, 1.82) is 0 Å². The van der Waals surface area contributed by atoms with Crippen LogP contribution in [0.4, 0.5) is 4.39 Å². The van der Waals surface area contributed by atoms with Crippen LogP contribution in [0.3, 0.4) is 0 Å². The number of carboxylic acid groups (broad SMARTS) is 1. The predicted molar refractivity (Wildman–Crippen MR) is 130 cm³/mol. The normalized spacial score (nSPS) is 18.9. The maximum absolute atomic E-state index is 14.2. The third kappa shape index (κ3) is 3.59. The predicted octanol–water partition coefficient (Wildman–Crippen LogP) is 5.85. The molecule has 2 aromatic carbocycles. The molecule has 0 spiro atoms. The van der Waals surface area contributed by atoms with Crippen LogP contribution >= 0.6 is 0 Å². The molecule has 5 rings (SSSR count). The van der Waals surface area contributed by atoms with Crippen molar-refractivity contribution >= 4 is 27.8 Å². The summed E-state index contributed by atoms with van der Waals surface area (Å²) in [6.45, 7) is 6.56. The molecule has 178 valence electrons. The van der Waals surface area contributed by atoms with Gasteiger partial charge in [0.25, 0.3) is 0 Å². The lowest BCUT2D eigenvalue weighted by Gasteiger charge is -2.29. The van der Waals surface area contributed by atoms with E-state index in [9.17, 15) is 14.3 Å². The second-order valence-corrected chi connectivity index (χ2v) is 10.2. The number of carbonyl (C=O) groups is 1. The van der Waals surface area contributed by atoms with Gasteiger partial charge in [0.2, 0.25) is 0 Å². The molecule has 0 amide bonds. The maximum atomic E-state index is 14.2. The zero-order valence-electron chi connectivity index (χ0n) is 20.0. The van der Waals surface area contributed by atoms with E-state index in [1.807, 2.05) is 12.1 Å². The number of methoxy groups -OCH3 is 1. The van der Waals surface area contributed by atoms with Gasteiger partial charge in [0.15, 0.2) is 0 Å². The number of carboxylic acids is 1. The molecule has 2 aromatic heterocycles. The van der Waals surface area contributed by atoms with E-state index in [0.29, 0.717) is 25.0 Å². The first-order valence-electron chi connectivity index (χ1n) is 11.7. The Morgan fingerprint density at radius 2 is 2.09 bits per heavy atom. The highest BCUT2D eigenvalue weighted by Crippen LogP contribution is 2.48. The Morgan fingerprint density at radius 3 is 2.76 bits per heavy atom. The molecule has 1 unspecified atom stereocenters. The van der Waals surface area contributed by atoms with Crippen LogP contribution in [0, 0.1) is 18.7 Å². The van der Waals surface area contributed by atoms with Gasteiger partial charge in [-0.15, -0.1) is 0 Å². The van der Waals surface area contributed by atoms with Gasteiger partial charge in [-0.05, 0) is 73.6 Å². The maximum Gasteiger partial charge on any atom is 0.306 e. The number of aromatic amines is 1. The van der Waals surface area contributed by atoms with Crippen molar-refractivity contribution in [1.82, 2.24) is 14.8 Å². The van der Waals surface area contributed by atoms with Gasteiger partial charge >= 0.3 is 5.97 Å². The highest BCUT2D eigenvalue weighted by Gasteiger charge is 2.39. The minimum atomic E-state index is -0.728. The van der Waals surface area contributed by atoms with Crippen molar-refractivity contribution in [3.8, 4) is 5.69 Å². The van der Waals surface area contributed by atoms with Crippen LogP contribution in [-0.4, -0.2) is 39.6 Å². The quantitative estimate of drug-likeness (QED) is 0.376. The Kier molecular flexibility index (Phi) is 5.47. The number of nitrogens with one attached hydrogen (secondary N) is 1. The number of rotatable bonds is 6. The van der Waals surface area contributed by atoms with Gasteiger partial charge in [0.1, 0.15) is 5.82 Å². The summed E-state index contributed by atoms with van der Waals surface area (Å²) in [6, 6.07) is 9.44. The van der Waals surface area contributed by atoms with Gasteiger partial charge in [-0.25, -0.2) is 4.39 Å². The number of benzene rings is 2. The van der Waals surface area contributed by atoms with Gasteiger partial charge in [0.05, 0.1) is 29.8 Å². The lowest BCUT2D eigenvalue weighted by Crippen LogP contribution is -2.28. The highest BCUT2D eigenvalue weighted by molar-refractivity contribution is 5.99. The van der Waals surface area contributed by atoms with Crippen molar-refractivity contribution < 1.29 is 19.0 Å². The number of fused-ring (bicyclic) bond motifs is 2. The topological polar surface area (TPSA) is 80.1 Å². The van der Waals surface area contributed by atoms with Gasteiger partial charge in [-0.1, -0.05) is 13.8 Å². The average molecular weight is 464 g/mol. The van der Waals surface area contributed by atoms with E-state index in [1.165, 1.54) is 11.6 Å². The summed E-state index contributed by atoms with van der Waals surface area (Å²) in [6.07, 6.45) is 3.89. The fraction of sp³-hybridized carbons (Fsp3) is 0.407.